The average Bonchev–Trinajstić information content (AvgIpc) is 2.72. The molecule has 5 heteroatoms. The molecule has 19 heavy (non-hydrogen) atoms. The number of thiazole rings is 1. The van der Waals surface area contributed by atoms with Crippen LogP contribution in [0.25, 0.3) is 10.9 Å². The molecule has 96 valence electrons. The van der Waals surface area contributed by atoms with Gasteiger partial charge in [0.05, 0.1) is 16.9 Å². The number of nitrogens with zero attached hydrogens (tertiary/aromatic N) is 2. The largest absolute Gasteiger partial charge is 0.430 e. The lowest BCUT2D eigenvalue weighted by atomic mass is 10.2. The highest BCUT2D eigenvalue weighted by atomic mass is 32.1. The summed E-state index contributed by atoms with van der Waals surface area (Å²) in [6.45, 7) is 4.00. The summed E-state index contributed by atoms with van der Waals surface area (Å²) in [6.07, 6.45) is 1.72. The lowest BCUT2D eigenvalue weighted by Crippen LogP contribution is -1.92. The zero-order valence-electron chi connectivity index (χ0n) is 10.7. The highest BCUT2D eigenvalue weighted by Gasteiger charge is 2.10. The molecule has 0 fully saturated rings. The summed E-state index contributed by atoms with van der Waals surface area (Å²) in [7, 11) is 0. The van der Waals surface area contributed by atoms with Crippen LogP contribution in [0.15, 0.2) is 30.5 Å². The summed E-state index contributed by atoms with van der Waals surface area (Å²) in [5.41, 5.74) is 8.32. The van der Waals surface area contributed by atoms with Crippen molar-refractivity contribution in [2.75, 3.05) is 5.73 Å². The first-order chi connectivity index (χ1) is 9.15. The van der Waals surface area contributed by atoms with Crippen LogP contribution in [0.5, 0.6) is 10.9 Å². The topological polar surface area (TPSA) is 61.0 Å². The number of ether oxygens (including phenoxy) is 1. The Balaban J connectivity index is 2.08. The number of anilines is 1. The maximum absolute atomic E-state index is 5.92. The molecule has 0 atom stereocenters. The fraction of sp³-hybridized carbons (Fsp3) is 0.143. The van der Waals surface area contributed by atoms with Crippen molar-refractivity contribution in [2.45, 2.75) is 13.8 Å². The zero-order valence-corrected chi connectivity index (χ0v) is 11.5. The van der Waals surface area contributed by atoms with Crippen molar-refractivity contribution in [3.8, 4) is 10.9 Å². The first kappa shape index (κ1) is 11.9. The lowest BCUT2D eigenvalue weighted by molar-refractivity contribution is 0.483. The van der Waals surface area contributed by atoms with E-state index < -0.39 is 0 Å². The Hall–Kier alpha value is -2.14. The Morgan fingerprint density at radius 1 is 1.21 bits per heavy atom. The number of hydrogen-bond donors (Lipinski definition) is 1. The summed E-state index contributed by atoms with van der Waals surface area (Å²) < 4.78 is 5.86. The molecule has 0 saturated carbocycles. The molecular formula is C14H13N3OS. The molecular weight excluding hydrogens is 258 g/mol. The predicted molar refractivity (Wildman–Crippen MR) is 77.8 cm³/mol. The second kappa shape index (κ2) is 4.51. The van der Waals surface area contributed by atoms with Gasteiger partial charge in [-0.05, 0) is 38.1 Å². The molecule has 0 amide bonds. The van der Waals surface area contributed by atoms with Gasteiger partial charge in [0.25, 0.3) is 5.19 Å². The van der Waals surface area contributed by atoms with Gasteiger partial charge >= 0.3 is 0 Å². The van der Waals surface area contributed by atoms with Crippen LogP contribution in [0.1, 0.15) is 10.6 Å². The molecule has 4 nitrogen and oxygen atoms in total. The number of benzene rings is 1. The van der Waals surface area contributed by atoms with Crippen molar-refractivity contribution in [3.63, 3.8) is 0 Å². The minimum atomic E-state index is 0.643. The maximum atomic E-state index is 5.92. The SMILES string of the molecule is Cc1nc(Oc2ccc(N)c3ncccc23)sc1C. The molecule has 0 spiro atoms. The Bertz CT molecular complexity index is 732. The molecule has 0 aliphatic rings. The van der Waals surface area contributed by atoms with Crippen molar-refractivity contribution >= 4 is 27.9 Å². The smallest absolute Gasteiger partial charge is 0.279 e. The normalized spacial score (nSPS) is 10.8. The van der Waals surface area contributed by atoms with Gasteiger partial charge in [-0.25, -0.2) is 4.98 Å². The molecule has 0 bridgehead atoms. The van der Waals surface area contributed by atoms with Crippen LogP contribution in [-0.2, 0) is 0 Å². The fourth-order valence-corrected chi connectivity index (χ4v) is 2.61. The minimum Gasteiger partial charge on any atom is -0.430 e. The van der Waals surface area contributed by atoms with Crippen LogP contribution >= 0.6 is 11.3 Å². The molecule has 0 unspecified atom stereocenters. The van der Waals surface area contributed by atoms with Crippen LogP contribution < -0.4 is 10.5 Å². The van der Waals surface area contributed by atoms with Crippen molar-refractivity contribution in [3.05, 3.63) is 41.0 Å². The van der Waals surface area contributed by atoms with Gasteiger partial charge in [0, 0.05) is 16.5 Å². The van der Waals surface area contributed by atoms with Crippen molar-refractivity contribution in [2.24, 2.45) is 0 Å². The second-order valence-electron chi connectivity index (χ2n) is 4.28. The molecule has 0 aliphatic heterocycles. The standard InChI is InChI=1S/C14H13N3OS/c1-8-9(2)19-14(17-8)18-12-6-5-11(15)13-10(12)4-3-7-16-13/h3-7H,15H2,1-2H3. The summed E-state index contributed by atoms with van der Waals surface area (Å²) in [6, 6.07) is 7.47. The van der Waals surface area contributed by atoms with E-state index >= 15 is 0 Å². The van der Waals surface area contributed by atoms with E-state index in [9.17, 15) is 0 Å². The minimum absolute atomic E-state index is 0.643. The highest BCUT2D eigenvalue weighted by molar-refractivity contribution is 7.13. The van der Waals surface area contributed by atoms with Crippen molar-refractivity contribution in [1.82, 2.24) is 9.97 Å². The van der Waals surface area contributed by atoms with E-state index in [4.69, 9.17) is 10.5 Å². The van der Waals surface area contributed by atoms with Crippen LogP contribution in [-0.4, -0.2) is 9.97 Å². The first-order valence-corrected chi connectivity index (χ1v) is 6.72. The number of nitrogen functional groups attached to an aromatic ring is 1. The van der Waals surface area contributed by atoms with Gasteiger partial charge < -0.3 is 10.5 Å². The molecule has 2 heterocycles. The van der Waals surface area contributed by atoms with Crippen LogP contribution in [0.3, 0.4) is 0 Å². The Morgan fingerprint density at radius 3 is 2.79 bits per heavy atom. The second-order valence-corrected chi connectivity index (χ2v) is 5.44. The van der Waals surface area contributed by atoms with Gasteiger partial charge in [-0.2, -0.15) is 0 Å². The van der Waals surface area contributed by atoms with Gasteiger partial charge in [-0.3, -0.25) is 4.98 Å². The molecule has 2 N–H and O–H groups in total. The first-order valence-electron chi connectivity index (χ1n) is 5.90. The third kappa shape index (κ3) is 2.13. The third-order valence-electron chi connectivity index (χ3n) is 2.97. The van der Waals surface area contributed by atoms with E-state index in [0.717, 1.165) is 27.2 Å². The monoisotopic (exact) mass is 271 g/mol. The average molecular weight is 271 g/mol. The maximum Gasteiger partial charge on any atom is 0.279 e. The van der Waals surface area contributed by atoms with E-state index in [0.29, 0.717) is 10.9 Å². The molecule has 2 aromatic heterocycles. The van der Waals surface area contributed by atoms with E-state index in [2.05, 4.69) is 9.97 Å². The van der Waals surface area contributed by atoms with Crippen LogP contribution in [0, 0.1) is 13.8 Å². The molecule has 3 aromatic rings. The molecule has 3 rings (SSSR count). The summed E-state index contributed by atoms with van der Waals surface area (Å²) in [5, 5.41) is 1.54. The van der Waals surface area contributed by atoms with E-state index in [1.54, 1.807) is 12.3 Å². The van der Waals surface area contributed by atoms with Gasteiger partial charge in [0.15, 0.2) is 0 Å². The number of fused-ring (bicyclic) bond motifs is 1. The number of aromatic nitrogens is 2. The van der Waals surface area contributed by atoms with Gasteiger partial charge in [-0.15, -0.1) is 0 Å². The van der Waals surface area contributed by atoms with Crippen LogP contribution in [0.4, 0.5) is 5.69 Å². The predicted octanol–water partition coefficient (Wildman–Crippen LogP) is 3.68. The number of hydrogen-bond acceptors (Lipinski definition) is 5. The Kier molecular flexibility index (Phi) is 2.83. The van der Waals surface area contributed by atoms with E-state index in [1.807, 2.05) is 32.0 Å². The van der Waals surface area contributed by atoms with E-state index in [-0.39, 0.29) is 0 Å². The van der Waals surface area contributed by atoms with Gasteiger partial charge in [0.2, 0.25) is 0 Å². The number of pyridine rings is 1. The lowest BCUT2D eigenvalue weighted by Gasteiger charge is -2.07. The zero-order chi connectivity index (χ0) is 13.4. The van der Waals surface area contributed by atoms with Gasteiger partial charge in [0.1, 0.15) is 5.75 Å². The molecule has 0 aliphatic carbocycles. The van der Waals surface area contributed by atoms with Crippen molar-refractivity contribution in [1.29, 1.82) is 0 Å². The number of aryl methyl sites for hydroxylation is 2. The quantitative estimate of drug-likeness (QED) is 0.722. The number of rotatable bonds is 2. The third-order valence-corrected chi connectivity index (χ3v) is 3.92. The van der Waals surface area contributed by atoms with Crippen molar-refractivity contribution < 1.29 is 4.74 Å². The number of nitrogens with two attached hydrogens (primary N) is 1. The Labute approximate surface area is 114 Å². The Morgan fingerprint density at radius 2 is 2.05 bits per heavy atom. The van der Waals surface area contributed by atoms with Gasteiger partial charge in [-0.1, -0.05) is 11.3 Å². The summed E-state index contributed by atoms with van der Waals surface area (Å²) in [5.74, 6) is 0.728. The molecule has 1 aromatic carbocycles. The van der Waals surface area contributed by atoms with E-state index in [1.165, 1.54) is 11.3 Å². The molecule has 0 radical (unpaired) electrons. The molecule has 0 saturated heterocycles. The summed E-state index contributed by atoms with van der Waals surface area (Å²) >= 11 is 1.54. The highest BCUT2D eigenvalue weighted by Crippen LogP contribution is 2.34. The summed E-state index contributed by atoms with van der Waals surface area (Å²) in [4.78, 5) is 9.82. The fourth-order valence-electron chi connectivity index (χ4n) is 1.84. The van der Waals surface area contributed by atoms with Crippen LogP contribution in [0.2, 0.25) is 0 Å².